The summed E-state index contributed by atoms with van der Waals surface area (Å²) in [5.74, 6) is 0. The standard InChI is InChI=1S/C9H13NO3/c1-7(2)8(3,4)9(7,5-10)13-6(11)12/h1-4H3,(H,11,12). The highest BCUT2D eigenvalue weighted by atomic mass is 16.7. The molecular formula is C9H13NO3. The van der Waals surface area contributed by atoms with E-state index in [0.29, 0.717) is 0 Å². The predicted octanol–water partition coefficient (Wildman–Crippen LogP) is 2.01. The van der Waals surface area contributed by atoms with Crippen molar-refractivity contribution in [3.8, 4) is 6.07 Å². The van der Waals surface area contributed by atoms with E-state index in [1.54, 1.807) is 0 Å². The van der Waals surface area contributed by atoms with E-state index >= 15 is 0 Å². The lowest BCUT2D eigenvalue weighted by atomic mass is 10.0. The van der Waals surface area contributed by atoms with Crippen molar-refractivity contribution in [1.29, 1.82) is 5.26 Å². The maximum absolute atomic E-state index is 10.4. The molecular weight excluding hydrogens is 170 g/mol. The van der Waals surface area contributed by atoms with Crippen molar-refractivity contribution >= 4 is 6.16 Å². The first-order valence-corrected chi connectivity index (χ1v) is 4.06. The zero-order chi connectivity index (χ0) is 10.5. The van der Waals surface area contributed by atoms with E-state index in [4.69, 9.17) is 10.4 Å². The maximum atomic E-state index is 10.4. The lowest BCUT2D eigenvalue weighted by molar-refractivity contribution is 0.0390. The second-order valence-electron chi connectivity index (χ2n) is 4.41. The lowest BCUT2D eigenvalue weighted by Crippen LogP contribution is -2.24. The molecule has 0 spiro atoms. The Morgan fingerprint density at radius 3 is 1.77 bits per heavy atom. The molecule has 1 aliphatic rings. The van der Waals surface area contributed by atoms with Crippen molar-refractivity contribution in [2.45, 2.75) is 33.3 Å². The average Bonchev–Trinajstić information content (AvgIpc) is 2.28. The first-order valence-electron chi connectivity index (χ1n) is 4.06. The van der Waals surface area contributed by atoms with E-state index in [0.717, 1.165) is 0 Å². The maximum Gasteiger partial charge on any atom is 0.507 e. The van der Waals surface area contributed by atoms with Crippen molar-refractivity contribution in [3.63, 3.8) is 0 Å². The molecule has 0 radical (unpaired) electrons. The highest BCUT2D eigenvalue weighted by molar-refractivity contribution is 5.60. The quantitative estimate of drug-likeness (QED) is 0.631. The van der Waals surface area contributed by atoms with Gasteiger partial charge in [-0.2, -0.15) is 5.26 Å². The second-order valence-corrected chi connectivity index (χ2v) is 4.41. The Kier molecular flexibility index (Phi) is 1.64. The molecule has 1 aliphatic carbocycles. The van der Waals surface area contributed by atoms with Crippen LogP contribution in [0.1, 0.15) is 27.7 Å². The van der Waals surface area contributed by atoms with Crippen molar-refractivity contribution in [2.75, 3.05) is 0 Å². The topological polar surface area (TPSA) is 70.3 Å². The average molecular weight is 183 g/mol. The van der Waals surface area contributed by atoms with Gasteiger partial charge < -0.3 is 9.84 Å². The summed E-state index contributed by atoms with van der Waals surface area (Å²) in [6.07, 6.45) is -1.39. The first-order chi connectivity index (χ1) is 5.73. The van der Waals surface area contributed by atoms with Gasteiger partial charge in [0, 0.05) is 10.8 Å². The summed E-state index contributed by atoms with van der Waals surface area (Å²) in [6, 6.07) is 1.96. The molecule has 0 unspecified atom stereocenters. The first kappa shape index (κ1) is 9.85. The van der Waals surface area contributed by atoms with Crippen LogP contribution >= 0.6 is 0 Å². The Labute approximate surface area is 77.1 Å². The van der Waals surface area contributed by atoms with Gasteiger partial charge >= 0.3 is 6.16 Å². The molecule has 72 valence electrons. The largest absolute Gasteiger partial charge is 0.507 e. The number of nitrogens with zero attached hydrogens (tertiary/aromatic N) is 1. The molecule has 0 aliphatic heterocycles. The molecule has 4 heteroatoms. The zero-order valence-electron chi connectivity index (χ0n) is 8.21. The van der Waals surface area contributed by atoms with E-state index in [-0.39, 0.29) is 0 Å². The molecule has 1 fully saturated rings. The number of nitriles is 1. The van der Waals surface area contributed by atoms with Crippen LogP contribution in [-0.2, 0) is 4.74 Å². The Balaban J connectivity index is 3.03. The number of carbonyl (C=O) groups is 1. The van der Waals surface area contributed by atoms with Crippen LogP contribution in [0.15, 0.2) is 0 Å². The smallest absolute Gasteiger partial charge is 0.450 e. The Hall–Kier alpha value is -1.24. The Morgan fingerprint density at radius 2 is 1.69 bits per heavy atom. The summed E-state index contributed by atoms with van der Waals surface area (Å²) in [5, 5.41) is 17.4. The van der Waals surface area contributed by atoms with Gasteiger partial charge in [-0.3, -0.25) is 0 Å². The van der Waals surface area contributed by atoms with Crippen LogP contribution in [0.4, 0.5) is 4.79 Å². The summed E-state index contributed by atoms with van der Waals surface area (Å²) in [7, 11) is 0. The highest BCUT2D eigenvalue weighted by Gasteiger charge is 2.82. The van der Waals surface area contributed by atoms with Crippen LogP contribution in [-0.4, -0.2) is 16.9 Å². The summed E-state index contributed by atoms with van der Waals surface area (Å²) in [5.41, 5.74) is -2.04. The molecule has 0 aromatic heterocycles. The minimum Gasteiger partial charge on any atom is -0.450 e. The van der Waals surface area contributed by atoms with Gasteiger partial charge in [0.25, 0.3) is 0 Å². The molecule has 0 aromatic carbocycles. The molecule has 1 rings (SSSR count). The van der Waals surface area contributed by atoms with Gasteiger partial charge in [-0.15, -0.1) is 0 Å². The zero-order valence-corrected chi connectivity index (χ0v) is 8.21. The lowest BCUT2D eigenvalue weighted by Gasteiger charge is -2.10. The molecule has 0 amide bonds. The minimum atomic E-state index is -1.39. The van der Waals surface area contributed by atoms with E-state index in [1.165, 1.54) is 0 Å². The molecule has 1 N–H and O–H groups in total. The van der Waals surface area contributed by atoms with E-state index in [1.807, 2.05) is 33.8 Å². The minimum absolute atomic E-state index is 0.423. The number of hydrogen-bond acceptors (Lipinski definition) is 3. The number of carboxylic acid groups (broad SMARTS) is 1. The van der Waals surface area contributed by atoms with Crippen LogP contribution in [0.2, 0.25) is 0 Å². The summed E-state index contributed by atoms with van der Waals surface area (Å²) >= 11 is 0. The van der Waals surface area contributed by atoms with E-state index in [2.05, 4.69) is 4.74 Å². The summed E-state index contributed by atoms with van der Waals surface area (Å²) < 4.78 is 4.68. The van der Waals surface area contributed by atoms with Gasteiger partial charge in [-0.25, -0.2) is 4.79 Å². The van der Waals surface area contributed by atoms with Gasteiger partial charge in [-0.05, 0) is 0 Å². The van der Waals surface area contributed by atoms with E-state index < -0.39 is 22.6 Å². The molecule has 0 aromatic rings. The predicted molar refractivity (Wildman–Crippen MR) is 45.0 cm³/mol. The van der Waals surface area contributed by atoms with Crippen molar-refractivity contribution in [2.24, 2.45) is 10.8 Å². The van der Waals surface area contributed by atoms with Gasteiger partial charge in [-0.1, -0.05) is 27.7 Å². The number of rotatable bonds is 1. The third-order valence-corrected chi connectivity index (χ3v) is 3.66. The van der Waals surface area contributed by atoms with Crippen LogP contribution in [0.5, 0.6) is 0 Å². The van der Waals surface area contributed by atoms with Crippen LogP contribution in [0.3, 0.4) is 0 Å². The molecule has 0 heterocycles. The summed E-state index contributed by atoms with van der Waals surface area (Å²) in [6.45, 7) is 7.33. The SMILES string of the molecule is CC1(C)C(C)(C)C1(C#N)OC(=O)O. The third-order valence-electron chi connectivity index (χ3n) is 3.66. The molecule has 0 saturated heterocycles. The third kappa shape index (κ3) is 0.819. The van der Waals surface area contributed by atoms with Gasteiger partial charge in [0.05, 0.1) is 0 Å². The van der Waals surface area contributed by atoms with Gasteiger partial charge in [0.1, 0.15) is 6.07 Å². The monoisotopic (exact) mass is 183 g/mol. The fraction of sp³-hybridized carbons (Fsp3) is 0.778. The second kappa shape index (κ2) is 2.16. The molecule has 0 atom stereocenters. The molecule has 4 nitrogen and oxygen atoms in total. The fourth-order valence-corrected chi connectivity index (χ4v) is 1.95. The molecule has 0 bridgehead atoms. The van der Waals surface area contributed by atoms with Crippen molar-refractivity contribution < 1.29 is 14.6 Å². The van der Waals surface area contributed by atoms with Crippen LogP contribution in [0, 0.1) is 22.2 Å². The normalized spacial score (nSPS) is 25.8. The number of ether oxygens (including phenoxy) is 1. The summed E-state index contributed by atoms with van der Waals surface area (Å²) in [4.78, 5) is 10.4. The van der Waals surface area contributed by atoms with Crippen LogP contribution in [0.25, 0.3) is 0 Å². The van der Waals surface area contributed by atoms with Gasteiger partial charge in [0.2, 0.25) is 5.60 Å². The van der Waals surface area contributed by atoms with Crippen LogP contribution < -0.4 is 0 Å². The molecule has 1 saturated carbocycles. The van der Waals surface area contributed by atoms with Gasteiger partial charge in [0.15, 0.2) is 0 Å². The Morgan fingerprint density at radius 1 is 1.31 bits per heavy atom. The van der Waals surface area contributed by atoms with Crippen molar-refractivity contribution in [1.82, 2.24) is 0 Å². The number of hydrogen-bond donors (Lipinski definition) is 1. The highest BCUT2D eigenvalue weighted by Crippen LogP contribution is 2.72. The van der Waals surface area contributed by atoms with E-state index in [9.17, 15) is 4.79 Å². The molecule has 13 heavy (non-hydrogen) atoms. The Bertz CT molecular complexity index is 284. The van der Waals surface area contributed by atoms with Crippen molar-refractivity contribution in [3.05, 3.63) is 0 Å². The fourth-order valence-electron chi connectivity index (χ4n) is 1.95.